The monoisotopic (exact) mass is 416 g/mol. The second-order valence-corrected chi connectivity index (χ2v) is 10.8. The number of ether oxygens (including phenoxy) is 2. The van der Waals surface area contributed by atoms with Crippen LogP contribution in [-0.4, -0.2) is 33.0 Å². The number of carbonyl (C=O) groups is 1. The Kier molecular flexibility index (Phi) is 7.52. The molecule has 0 aliphatic rings. The van der Waals surface area contributed by atoms with E-state index in [0.29, 0.717) is 6.42 Å². The van der Waals surface area contributed by atoms with Crippen LogP contribution in [0.3, 0.4) is 0 Å². The minimum Gasteiger partial charge on any atom is -0.464 e. The molecule has 0 aliphatic carbocycles. The molecule has 0 fully saturated rings. The number of hydrogen-bond acceptors (Lipinski definition) is 5. The van der Waals surface area contributed by atoms with Crippen molar-refractivity contribution >= 4 is 42.7 Å². The number of carbonyl (C=O) groups excluding carboxylic acids is 1. The van der Waals surface area contributed by atoms with Gasteiger partial charge in [-0.1, -0.05) is 81.4 Å². The Morgan fingerprint density at radius 3 is 1.79 bits per heavy atom. The first-order valence-electron chi connectivity index (χ1n) is 9.22. The predicted molar refractivity (Wildman–Crippen MR) is 119 cm³/mol. The van der Waals surface area contributed by atoms with E-state index in [2.05, 4.69) is 0 Å². The van der Waals surface area contributed by atoms with Crippen LogP contribution < -0.4 is 10.4 Å². The summed E-state index contributed by atoms with van der Waals surface area (Å²) in [6.07, 6.45) is 0.309. The van der Waals surface area contributed by atoms with E-state index in [1.807, 2.05) is 81.4 Å². The second kappa shape index (κ2) is 9.45. The zero-order chi connectivity index (χ0) is 20.8. The lowest BCUT2D eigenvalue weighted by atomic mass is 9.87. The van der Waals surface area contributed by atoms with Gasteiger partial charge < -0.3 is 13.9 Å². The zero-order valence-electron chi connectivity index (χ0n) is 17.1. The summed E-state index contributed by atoms with van der Waals surface area (Å²) in [5, 5.41) is 2.33. The summed E-state index contributed by atoms with van der Waals surface area (Å²) < 4.78 is 17.6. The Balaban J connectivity index is 2.58. The number of esters is 1. The van der Waals surface area contributed by atoms with Gasteiger partial charge in [-0.25, -0.2) is 4.79 Å². The highest BCUT2D eigenvalue weighted by Gasteiger charge is 2.49. The standard InChI is InChI=1S/C22H28O4SSi/c1-17(27)25-22(20(23)24-5,16-21(2,3)4)26-28(18-12-8-6-9-13-18)19-14-10-7-11-15-19/h6-15,28H,16H2,1-5H3. The van der Waals surface area contributed by atoms with E-state index in [1.54, 1.807) is 6.92 Å². The molecule has 0 spiro atoms. The second-order valence-electron chi connectivity index (χ2n) is 7.89. The van der Waals surface area contributed by atoms with Crippen molar-refractivity contribution in [2.45, 2.75) is 39.9 Å². The zero-order valence-corrected chi connectivity index (χ0v) is 19.1. The Hall–Kier alpha value is -2.02. The summed E-state index contributed by atoms with van der Waals surface area (Å²) in [4.78, 5) is 12.9. The van der Waals surface area contributed by atoms with Gasteiger partial charge in [0.15, 0.2) is 5.05 Å². The van der Waals surface area contributed by atoms with Crippen molar-refractivity contribution in [1.82, 2.24) is 0 Å². The highest BCUT2D eigenvalue weighted by Crippen LogP contribution is 2.33. The van der Waals surface area contributed by atoms with Gasteiger partial charge in [0.1, 0.15) is 0 Å². The van der Waals surface area contributed by atoms with Gasteiger partial charge in [0.2, 0.25) is 9.04 Å². The molecule has 2 aromatic rings. The molecule has 0 amide bonds. The van der Waals surface area contributed by atoms with Gasteiger partial charge in [0, 0.05) is 13.3 Å². The summed E-state index contributed by atoms with van der Waals surface area (Å²) in [7, 11) is -0.939. The number of benzene rings is 2. The lowest BCUT2D eigenvalue weighted by molar-refractivity contribution is -0.200. The highest BCUT2D eigenvalue weighted by molar-refractivity contribution is 7.80. The van der Waals surface area contributed by atoms with Gasteiger partial charge in [-0.05, 0) is 28.0 Å². The van der Waals surface area contributed by atoms with Crippen LogP contribution in [0.5, 0.6) is 0 Å². The molecular formula is C22H28O4SSi. The lowest BCUT2D eigenvalue weighted by Gasteiger charge is -2.38. The normalized spacial score (nSPS) is 13.6. The minimum absolute atomic E-state index is 0.239. The molecule has 150 valence electrons. The van der Waals surface area contributed by atoms with E-state index in [4.69, 9.17) is 26.1 Å². The Morgan fingerprint density at radius 1 is 0.964 bits per heavy atom. The molecule has 4 nitrogen and oxygen atoms in total. The summed E-state index contributed by atoms with van der Waals surface area (Å²) in [6.45, 7) is 7.72. The predicted octanol–water partition coefficient (Wildman–Crippen LogP) is 3.21. The third kappa shape index (κ3) is 5.99. The van der Waals surface area contributed by atoms with Crippen LogP contribution in [0.1, 0.15) is 34.1 Å². The van der Waals surface area contributed by atoms with Crippen LogP contribution in [0.15, 0.2) is 60.7 Å². The van der Waals surface area contributed by atoms with Crippen LogP contribution in [-0.2, 0) is 18.7 Å². The van der Waals surface area contributed by atoms with Crippen molar-refractivity contribution < 1.29 is 18.7 Å². The SMILES string of the molecule is COC(=O)C(CC(C)(C)C)(OC(C)=S)O[SiH](c1ccccc1)c1ccccc1. The lowest BCUT2D eigenvalue weighted by Crippen LogP contribution is -2.58. The molecule has 0 saturated heterocycles. The molecule has 0 radical (unpaired) electrons. The van der Waals surface area contributed by atoms with Crippen molar-refractivity contribution in [3.63, 3.8) is 0 Å². The van der Waals surface area contributed by atoms with Crippen LogP contribution in [0, 0.1) is 5.41 Å². The molecule has 0 aromatic heterocycles. The molecule has 6 heteroatoms. The molecule has 28 heavy (non-hydrogen) atoms. The first-order valence-corrected chi connectivity index (χ1v) is 11.3. The van der Waals surface area contributed by atoms with Crippen LogP contribution in [0.2, 0.25) is 0 Å². The maximum atomic E-state index is 12.9. The van der Waals surface area contributed by atoms with E-state index in [0.717, 1.165) is 10.4 Å². The molecule has 0 saturated carbocycles. The van der Waals surface area contributed by atoms with Crippen LogP contribution >= 0.6 is 12.2 Å². The van der Waals surface area contributed by atoms with E-state index >= 15 is 0 Å². The smallest absolute Gasteiger partial charge is 0.378 e. The first-order chi connectivity index (χ1) is 13.2. The van der Waals surface area contributed by atoms with E-state index in [9.17, 15) is 4.79 Å². The average molecular weight is 417 g/mol. The maximum Gasteiger partial charge on any atom is 0.378 e. The fraction of sp³-hybridized carbons (Fsp3) is 0.364. The van der Waals surface area contributed by atoms with E-state index in [-0.39, 0.29) is 10.5 Å². The van der Waals surface area contributed by atoms with Crippen LogP contribution in [0.4, 0.5) is 0 Å². The molecular weight excluding hydrogens is 388 g/mol. The quantitative estimate of drug-likeness (QED) is 0.300. The average Bonchev–Trinajstić information content (AvgIpc) is 2.65. The topological polar surface area (TPSA) is 44.8 Å². The van der Waals surface area contributed by atoms with Gasteiger partial charge >= 0.3 is 11.8 Å². The summed E-state index contributed by atoms with van der Waals surface area (Å²) >= 11 is 5.19. The molecule has 1 unspecified atom stereocenters. The van der Waals surface area contributed by atoms with Gasteiger partial charge in [-0.15, -0.1) is 0 Å². The fourth-order valence-corrected chi connectivity index (χ4v) is 5.67. The van der Waals surface area contributed by atoms with Crippen molar-refractivity contribution in [2.75, 3.05) is 7.11 Å². The summed E-state index contributed by atoms with van der Waals surface area (Å²) in [5.74, 6) is -2.17. The molecule has 0 N–H and O–H groups in total. The van der Waals surface area contributed by atoms with Crippen molar-refractivity contribution in [2.24, 2.45) is 5.41 Å². The molecule has 0 bridgehead atoms. The number of hydrogen-bond donors (Lipinski definition) is 0. The molecule has 2 rings (SSSR count). The van der Waals surface area contributed by atoms with Gasteiger partial charge in [-0.3, -0.25) is 0 Å². The number of rotatable bonds is 7. The van der Waals surface area contributed by atoms with Crippen molar-refractivity contribution in [1.29, 1.82) is 0 Å². The summed E-state index contributed by atoms with van der Waals surface area (Å²) in [6, 6.07) is 19.9. The van der Waals surface area contributed by atoms with Gasteiger partial charge in [0.25, 0.3) is 0 Å². The third-order valence-corrected chi connectivity index (χ3v) is 6.76. The summed E-state index contributed by atoms with van der Waals surface area (Å²) in [5.41, 5.74) is -0.259. The van der Waals surface area contributed by atoms with Gasteiger partial charge in [-0.2, -0.15) is 0 Å². The van der Waals surface area contributed by atoms with E-state index in [1.165, 1.54) is 7.11 Å². The molecule has 2 aromatic carbocycles. The fourth-order valence-electron chi connectivity index (χ4n) is 3.12. The van der Waals surface area contributed by atoms with Gasteiger partial charge in [0.05, 0.1) is 7.11 Å². The Bertz CT molecular complexity index is 750. The molecule has 1 atom stereocenters. The Morgan fingerprint density at radius 2 is 1.43 bits per heavy atom. The highest BCUT2D eigenvalue weighted by atomic mass is 32.1. The Labute approximate surface area is 174 Å². The third-order valence-electron chi connectivity index (χ3n) is 4.08. The largest absolute Gasteiger partial charge is 0.464 e. The van der Waals surface area contributed by atoms with Crippen molar-refractivity contribution in [3.8, 4) is 0 Å². The van der Waals surface area contributed by atoms with Crippen molar-refractivity contribution in [3.05, 3.63) is 60.7 Å². The first kappa shape index (κ1) is 22.3. The van der Waals surface area contributed by atoms with E-state index < -0.39 is 20.8 Å². The molecule has 0 heterocycles. The molecule has 0 aliphatic heterocycles. The number of thiocarbonyl (C=S) groups is 1. The maximum absolute atomic E-state index is 12.9. The minimum atomic E-state index is -2.28. The van der Waals surface area contributed by atoms with Crippen LogP contribution in [0.25, 0.3) is 0 Å². The number of methoxy groups -OCH3 is 1.